The first kappa shape index (κ1) is 19.9. The zero-order chi connectivity index (χ0) is 19.2. The number of ether oxygens (including phenoxy) is 2. The zero-order valence-corrected chi connectivity index (χ0v) is 15.4. The average molecular weight is 362 g/mol. The van der Waals surface area contributed by atoms with Crippen molar-refractivity contribution in [3.8, 4) is 0 Å². The minimum absolute atomic E-state index is 0.342. The van der Waals surface area contributed by atoms with Crippen LogP contribution in [0.5, 0.6) is 0 Å². The third-order valence-electron chi connectivity index (χ3n) is 4.64. The fourth-order valence-electron chi connectivity index (χ4n) is 3.30. The van der Waals surface area contributed by atoms with Gasteiger partial charge in [-0.2, -0.15) is 0 Å². The van der Waals surface area contributed by atoms with Gasteiger partial charge in [-0.3, -0.25) is 14.9 Å². The van der Waals surface area contributed by atoms with E-state index in [0.29, 0.717) is 25.8 Å². The van der Waals surface area contributed by atoms with Crippen molar-refractivity contribution < 1.29 is 23.9 Å². The molecular formula is C19H26N2O5. The average Bonchev–Trinajstić information content (AvgIpc) is 3.02. The molecule has 1 heterocycles. The molecule has 1 aromatic carbocycles. The van der Waals surface area contributed by atoms with E-state index in [1.165, 1.54) is 14.0 Å². The molecule has 1 aliphatic rings. The summed E-state index contributed by atoms with van der Waals surface area (Å²) < 4.78 is 10.2. The number of esters is 2. The number of hydrogen-bond acceptors (Lipinski definition) is 6. The Labute approximate surface area is 153 Å². The minimum Gasteiger partial charge on any atom is -0.467 e. The van der Waals surface area contributed by atoms with E-state index < -0.39 is 29.6 Å². The number of hydrogen-bond donors (Lipinski definition) is 2. The van der Waals surface area contributed by atoms with Crippen molar-refractivity contribution in [1.29, 1.82) is 0 Å². The van der Waals surface area contributed by atoms with Crippen LogP contribution in [0.25, 0.3) is 0 Å². The van der Waals surface area contributed by atoms with Gasteiger partial charge >= 0.3 is 11.9 Å². The second-order valence-electron chi connectivity index (χ2n) is 6.40. The first-order chi connectivity index (χ1) is 12.4. The van der Waals surface area contributed by atoms with Crippen LogP contribution < -0.4 is 10.6 Å². The fraction of sp³-hybridized carbons (Fsp3) is 0.526. The summed E-state index contributed by atoms with van der Waals surface area (Å²) in [5.74, 6) is -1.32. The summed E-state index contributed by atoms with van der Waals surface area (Å²) in [6, 6.07) is 8.75. The fourth-order valence-corrected chi connectivity index (χ4v) is 3.30. The molecule has 1 aliphatic heterocycles. The smallest absolute Gasteiger partial charge is 0.328 e. The summed E-state index contributed by atoms with van der Waals surface area (Å²) in [5.41, 5.74) is -0.200. The van der Waals surface area contributed by atoms with Crippen molar-refractivity contribution in [2.45, 2.75) is 50.8 Å². The van der Waals surface area contributed by atoms with Crippen LogP contribution >= 0.6 is 0 Å². The van der Waals surface area contributed by atoms with E-state index in [0.717, 1.165) is 5.56 Å². The molecule has 0 radical (unpaired) electrons. The standard InChI is InChI=1S/C19H26N2O5/c1-4-15(17(23)25-3)21-18(24)19(12-14-8-6-5-7-9-14)16(10-11-20-19)26-13(2)22/h5-9,15-16,20H,4,10-12H2,1-3H3,(H,21,24)/t15-,16?,19?/m0/s1. The maximum Gasteiger partial charge on any atom is 0.328 e. The number of carbonyl (C=O) groups is 3. The largest absolute Gasteiger partial charge is 0.467 e. The SMILES string of the molecule is CC[C@H](NC(=O)C1(Cc2ccccc2)NCCC1OC(C)=O)C(=O)OC. The molecule has 1 amide bonds. The molecule has 26 heavy (non-hydrogen) atoms. The highest BCUT2D eigenvalue weighted by Crippen LogP contribution is 2.28. The van der Waals surface area contributed by atoms with Crippen LogP contribution in [-0.2, 0) is 30.3 Å². The Kier molecular flexibility index (Phi) is 6.74. The molecule has 7 nitrogen and oxygen atoms in total. The lowest BCUT2D eigenvalue weighted by molar-refractivity contribution is -0.154. The van der Waals surface area contributed by atoms with Crippen molar-refractivity contribution >= 4 is 17.8 Å². The van der Waals surface area contributed by atoms with E-state index in [2.05, 4.69) is 10.6 Å². The van der Waals surface area contributed by atoms with Crippen LogP contribution in [0, 0.1) is 0 Å². The Morgan fingerprint density at radius 1 is 1.31 bits per heavy atom. The number of amides is 1. The number of nitrogens with one attached hydrogen (secondary N) is 2. The molecule has 3 atom stereocenters. The van der Waals surface area contributed by atoms with Gasteiger partial charge in [0.25, 0.3) is 0 Å². The molecule has 1 saturated heterocycles. The van der Waals surface area contributed by atoms with Crippen LogP contribution in [0.1, 0.15) is 32.3 Å². The normalized spacial score (nSPS) is 23.1. The third kappa shape index (κ3) is 4.40. The van der Waals surface area contributed by atoms with E-state index in [1.54, 1.807) is 6.92 Å². The molecule has 0 bridgehead atoms. The van der Waals surface area contributed by atoms with Gasteiger partial charge in [-0.1, -0.05) is 37.3 Å². The van der Waals surface area contributed by atoms with Gasteiger partial charge in [-0.15, -0.1) is 0 Å². The van der Waals surface area contributed by atoms with E-state index in [9.17, 15) is 14.4 Å². The predicted molar refractivity (Wildman–Crippen MR) is 95.3 cm³/mol. The van der Waals surface area contributed by atoms with E-state index in [1.807, 2.05) is 30.3 Å². The van der Waals surface area contributed by atoms with Gasteiger partial charge < -0.3 is 14.8 Å². The number of rotatable bonds is 7. The molecule has 7 heteroatoms. The summed E-state index contributed by atoms with van der Waals surface area (Å²) in [4.78, 5) is 36.6. The molecule has 0 spiro atoms. The highest BCUT2D eigenvalue weighted by atomic mass is 16.5. The maximum absolute atomic E-state index is 13.2. The summed E-state index contributed by atoms with van der Waals surface area (Å²) in [5, 5.41) is 5.98. The second-order valence-corrected chi connectivity index (χ2v) is 6.40. The monoisotopic (exact) mass is 362 g/mol. The Bertz CT molecular complexity index is 649. The van der Waals surface area contributed by atoms with Gasteiger partial charge in [0, 0.05) is 13.3 Å². The lowest BCUT2D eigenvalue weighted by Crippen LogP contribution is -2.63. The lowest BCUT2D eigenvalue weighted by atomic mass is 9.85. The molecule has 2 unspecified atom stereocenters. The molecule has 2 rings (SSSR count). The zero-order valence-electron chi connectivity index (χ0n) is 15.4. The molecule has 0 aliphatic carbocycles. The Morgan fingerprint density at radius 3 is 2.58 bits per heavy atom. The van der Waals surface area contributed by atoms with Gasteiger partial charge in [-0.05, 0) is 24.9 Å². The minimum atomic E-state index is -1.13. The maximum atomic E-state index is 13.2. The van der Waals surface area contributed by atoms with Crippen molar-refractivity contribution in [2.24, 2.45) is 0 Å². The molecule has 0 aromatic heterocycles. The van der Waals surface area contributed by atoms with Crippen molar-refractivity contribution in [3.63, 3.8) is 0 Å². The highest BCUT2D eigenvalue weighted by molar-refractivity contribution is 5.92. The first-order valence-corrected chi connectivity index (χ1v) is 8.78. The summed E-state index contributed by atoms with van der Waals surface area (Å²) in [6.45, 7) is 3.65. The summed E-state index contributed by atoms with van der Waals surface area (Å²) in [6.07, 6.45) is 0.651. The van der Waals surface area contributed by atoms with E-state index >= 15 is 0 Å². The lowest BCUT2D eigenvalue weighted by Gasteiger charge is -2.34. The van der Waals surface area contributed by atoms with Crippen molar-refractivity contribution in [3.05, 3.63) is 35.9 Å². The molecule has 2 N–H and O–H groups in total. The molecular weight excluding hydrogens is 336 g/mol. The van der Waals surface area contributed by atoms with Gasteiger partial charge in [0.1, 0.15) is 17.7 Å². The van der Waals surface area contributed by atoms with Crippen LogP contribution in [0.2, 0.25) is 0 Å². The molecule has 1 aromatic rings. The second kappa shape index (κ2) is 8.80. The van der Waals surface area contributed by atoms with Crippen LogP contribution in [-0.4, -0.2) is 49.2 Å². The molecule has 0 saturated carbocycles. The summed E-state index contributed by atoms with van der Waals surface area (Å²) in [7, 11) is 1.28. The molecule has 1 fully saturated rings. The number of benzene rings is 1. The van der Waals surface area contributed by atoms with Crippen LogP contribution in [0.15, 0.2) is 30.3 Å². The first-order valence-electron chi connectivity index (χ1n) is 8.78. The topological polar surface area (TPSA) is 93.7 Å². The van der Waals surface area contributed by atoms with Gasteiger partial charge in [-0.25, -0.2) is 4.79 Å². The van der Waals surface area contributed by atoms with Crippen molar-refractivity contribution in [1.82, 2.24) is 10.6 Å². The molecule has 142 valence electrons. The van der Waals surface area contributed by atoms with Crippen LogP contribution in [0.3, 0.4) is 0 Å². The van der Waals surface area contributed by atoms with E-state index in [-0.39, 0.29) is 5.91 Å². The third-order valence-corrected chi connectivity index (χ3v) is 4.64. The highest BCUT2D eigenvalue weighted by Gasteiger charge is 2.51. The van der Waals surface area contributed by atoms with E-state index in [4.69, 9.17) is 9.47 Å². The summed E-state index contributed by atoms with van der Waals surface area (Å²) >= 11 is 0. The Hall–Kier alpha value is -2.41. The van der Waals surface area contributed by atoms with Crippen LogP contribution in [0.4, 0.5) is 0 Å². The quantitative estimate of drug-likeness (QED) is 0.702. The van der Waals surface area contributed by atoms with Gasteiger partial charge in [0.05, 0.1) is 7.11 Å². The van der Waals surface area contributed by atoms with Crippen molar-refractivity contribution in [2.75, 3.05) is 13.7 Å². The number of methoxy groups -OCH3 is 1. The predicted octanol–water partition coefficient (Wildman–Crippen LogP) is 0.961. The Morgan fingerprint density at radius 2 is 2.00 bits per heavy atom. The van der Waals surface area contributed by atoms with Gasteiger partial charge in [0.15, 0.2) is 0 Å². The Balaban J connectivity index is 2.31. The number of carbonyl (C=O) groups excluding carboxylic acids is 3. The van der Waals surface area contributed by atoms with Gasteiger partial charge in [0.2, 0.25) is 5.91 Å².